The van der Waals surface area contributed by atoms with E-state index in [9.17, 15) is 19.2 Å². The Morgan fingerprint density at radius 3 is 2.07 bits per heavy atom. The highest BCUT2D eigenvalue weighted by Gasteiger charge is 2.25. The quantitative estimate of drug-likeness (QED) is 0.119. The molecule has 0 aliphatic carbocycles. The second-order valence-electron chi connectivity index (χ2n) is 9.17. The number of esters is 2. The van der Waals surface area contributed by atoms with Gasteiger partial charge >= 0.3 is 11.9 Å². The van der Waals surface area contributed by atoms with E-state index in [1.165, 1.54) is 10.6 Å². The Bertz CT molecular complexity index is 1330. The van der Waals surface area contributed by atoms with Gasteiger partial charge in [0.2, 0.25) is 0 Å². The molecule has 0 saturated heterocycles. The van der Waals surface area contributed by atoms with Crippen molar-refractivity contribution in [2.45, 2.75) is 45.2 Å². The van der Waals surface area contributed by atoms with Crippen LogP contribution in [0.5, 0.6) is 0 Å². The van der Waals surface area contributed by atoms with Gasteiger partial charge in [0, 0.05) is 12.7 Å². The fraction of sp³-hybridized carbons (Fsp3) is 0.323. The van der Waals surface area contributed by atoms with Crippen LogP contribution in [-0.4, -0.2) is 54.0 Å². The van der Waals surface area contributed by atoms with Crippen LogP contribution in [0.2, 0.25) is 0 Å². The molecule has 10 heteroatoms. The lowest BCUT2D eigenvalue weighted by atomic mass is 9.98. The molecule has 0 bridgehead atoms. The van der Waals surface area contributed by atoms with Gasteiger partial charge in [-0.3, -0.25) is 19.8 Å². The minimum Gasteiger partial charge on any atom is -0.466 e. The first-order valence-electron chi connectivity index (χ1n) is 13.6. The maximum absolute atomic E-state index is 13.7. The van der Waals surface area contributed by atoms with Gasteiger partial charge < -0.3 is 24.7 Å². The summed E-state index contributed by atoms with van der Waals surface area (Å²) in [5, 5.41) is 13.3. The molecule has 0 unspecified atom stereocenters. The highest BCUT2D eigenvalue weighted by Crippen LogP contribution is 2.25. The molecule has 0 saturated carbocycles. The topological polar surface area (TPSA) is 140 Å². The molecule has 1 aromatic heterocycles. The number of hydrogen-bond donors (Lipinski definition) is 3. The molecule has 216 valence electrons. The van der Waals surface area contributed by atoms with E-state index < -0.39 is 35.5 Å². The van der Waals surface area contributed by atoms with Crippen molar-refractivity contribution in [3.8, 4) is 0 Å². The molecule has 1 heterocycles. The van der Waals surface area contributed by atoms with Crippen LogP contribution in [0.1, 0.15) is 60.6 Å². The van der Waals surface area contributed by atoms with Gasteiger partial charge in [-0.1, -0.05) is 60.7 Å². The van der Waals surface area contributed by atoms with E-state index in [-0.39, 0.29) is 44.0 Å². The van der Waals surface area contributed by atoms with Gasteiger partial charge in [-0.15, -0.1) is 0 Å². The van der Waals surface area contributed by atoms with Crippen molar-refractivity contribution in [1.82, 2.24) is 15.2 Å². The Kier molecular flexibility index (Phi) is 11.8. The third-order valence-corrected chi connectivity index (χ3v) is 6.24. The summed E-state index contributed by atoms with van der Waals surface area (Å²) in [5.41, 5.74) is 1.15. The zero-order chi connectivity index (χ0) is 29.6. The summed E-state index contributed by atoms with van der Waals surface area (Å²) in [4.78, 5) is 51.2. The number of nitrogens with one attached hydrogen (secondary N) is 3. The van der Waals surface area contributed by atoms with Crippen LogP contribution in [0.15, 0.2) is 83.8 Å². The predicted octanol–water partition coefficient (Wildman–Crippen LogP) is 3.45. The van der Waals surface area contributed by atoms with E-state index in [1.807, 2.05) is 60.7 Å². The lowest BCUT2D eigenvalue weighted by molar-refractivity contribution is -0.145. The van der Waals surface area contributed by atoms with Crippen molar-refractivity contribution in [2.24, 2.45) is 0 Å². The van der Waals surface area contributed by atoms with Crippen LogP contribution in [-0.2, 0) is 19.1 Å². The van der Waals surface area contributed by atoms with Gasteiger partial charge in [-0.05, 0) is 49.9 Å². The van der Waals surface area contributed by atoms with E-state index in [2.05, 4.69) is 10.6 Å². The molecule has 3 aromatic rings. The molecule has 0 radical (unpaired) electrons. The third-order valence-electron chi connectivity index (χ3n) is 6.24. The number of amides is 1. The van der Waals surface area contributed by atoms with E-state index in [4.69, 9.17) is 14.9 Å². The van der Waals surface area contributed by atoms with Crippen LogP contribution in [0, 0.1) is 5.41 Å². The number of nitrogens with zero attached hydrogens (tertiary/aromatic N) is 1. The zero-order valence-electron chi connectivity index (χ0n) is 23.3. The summed E-state index contributed by atoms with van der Waals surface area (Å²) in [6.07, 6.45) is 2.04. The van der Waals surface area contributed by atoms with E-state index in [0.717, 1.165) is 11.1 Å². The SMILES string of the molecule is CCOC(=O)CC(=N)NCCC[C@H](NC(=O)c1cccn(C(c2ccccc2)c2ccccc2)c1=O)C(=O)OCC. The van der Waals surface area contributed by atoms with Crippen LogP contribution in [0.25, 0.3) is 0 Å². The molecule has 1 amide bonds. The number of amidine groups is 1. The number of carbonyl (C=O) groups excluding carboxylic acids is 3. The Morgan fingerprint density at radius 1 is 0.878 bits per heavy atom. The monoisotopic (exact) mass is 560 g/mol. The van der Waals surface area contributed by atoms with Gasteiger partial charge in [0.15, 0.2) is 0 Å². The van der Waals surface area contributed by atoms with Crippen molar-refractivity contribution in [3.63, 3.8) is 0 Å². The third kappa shape index (κ3) is 8.89. The van der Waals surface area contributed by atoms with Crippen molar-refractivity contribution in [1.29, 1.82) is 5.41 Å². The molecule has 1 atom stereocenters. The maximum atomic E-state index is 13.7. The largest absolute Gasteiger partial charge is 0.466 e. The minimum atomic E-state index is -1.00. The van der Waals surface area contributed by atoms with Crippen LogP contribution in [0.4, 0.5) is 0 Å². The standard InChI is InChI=1S/C31H36N4O6/c1-3-40-27(36)21-26(32)33-19-11-18-25(31(39)41-4-2)34-29(37)24-17-12-20-35(30(24)38)28(22-13-7-5-8-14-22)23-15-9-6-10-16-23/h5-10,12-17,20,25,28H,3-4,11,18-19,21H2,1-2H3,(H2,32,33)(H,34,37)/t25-/m0/s1. The lowest BCUT2D eigenvalue weighted by Crippen LogP contribution is -2.44. The number of carbonyl (C=O) groups is 3. The zero-order valence-corrected chi connectivity index (χ0v) is 23.3. The van der Waals surface area contributed by atoms with Gasteiger partial charge in [-0.2, -0.15) is 0 Å². The van der Waals surface area contributed by atoms with Gasteiger partial charge in [0.25, 0.3) is 11.5 Å². The number of aromatic nitrogens is 1. The van der Waals surface area contributed by atoms with Gasteiger partial charge in [0.1, 0.15) is 23.9 Å². The van der Waals surface area contributed by atoms with Crippen molar-refractivity contribution < 1.29 is 23.9 Å². The summed E-state index contributed by atoms with van der Waals surface area (Å²) in [6.45, 7) is 4.00. The summed E-state index contributed by atoms with van der Waals surface area (Å²) in [5.74, 6) is -1.82. The summed E-state index contributed by atoms with van der Waals surface area (Å²) in [6, 6.07) is 20.7. The normalized spacial score (nSPS) is 11.4. The minimum absolute atomic E-state index is 0.00334. The molecular weight excluding hydrogens is 524 g/mol. The Labute approximate surface area is 239 Å². The summed E-state index contributed by atoms with van der Waals surface area (Å²) >= 11 is 0. The molecule has 0 spiro atoms. The molecule has 3 N–H and O–H groups in total. The number of benzene rings is 2. The Morgan fingerprint density at radius 2 is 1.49 bits per heavy atom. The smallest absolute Gasteiger partial charge is 0.328 e. The molecular formula is C31H36N4O6. The highest BCUT2D eigenvalue weighted by atomic mass is 16.5. The first-order valence-corrected chi connectivity index (χ1v) is 13.6. The van der Waals surface area contributed by atoms with Crippen LogP contribution in [0.3, 0.4) is 0 Å². The number of pyridine rings is 1. The molecule has 41 heavy (non-hydrogen) atoms. The van der Waals surface area contributed by atoms with E-state index in [0.29, 0.717) is 6.42 Å². The first-order chi connectivity index (χ1) is 19.8. The Hall–Kier alpha value is -4.73. The molecule has 0 aliphatic heterocycles. The number of ether oxygens (including phenoxy) is 2. The number of rotatable bonds is 14. The average molecular weight is 561 g/mol. The molecule has 10 nitrogen and oxygen atoms in total. The molecule has 3 rings (SSSR count). The Balaban J connectivity index is 1.77. The van der Waals surface area contributed by atoms with E-state index in [1.54, 1.807) is 26.1 Å². The second kappa shape index (κ2) is 15.8. The van der Waals surface area contributed by atoms with Crippen molar-refractivity contribution in [2.75, 3.05) is 19.8 Å². The molecule has 0 aliphatic rings. The van der Waals surface area contributed by atoms with Crippen molar-refractivity contribution >= 4 is 23.7 Å². The molecule has 0 fully saturated rings. The number of hydrogen-bond acceptors (Lipinski definition) is 7. The fourth-order valence-corrected chi connectivity index (χ4v) is 4.36. The first kappa shape index (κ1) is 30.8. The maximum Gasteiger partial charge on any atom is 0.328 e. The predicted molar refractivity (Wildman–Crippen MR) is 155 cm³/mol. The van der Waals surface area contributed by atoms with Gasteiger partial charge in [0.05, 0.1) is 19.3 Å². The lowest BCUT2D eigenvalue weighted by Gasteiger charge is -2.22. The average Bonchev–Trinajstić information content (AvgIpc) is 2.97. The molecule has 2 aromatic carbocycles. The van der Waals surface area contributed by atoms with Gasteiger partial charge in [-0.25, -0.2) is 4.79 Å². The summed E-state index contributed by atoms with van der Waals surface area (Å²) in [7, 11) is 0. The second-order valence-corrected chi connectivity index (χ2v) is 9.17. The fourth-order valence-electron chi connectivity index (χ4n) is 4.36. The van der Waals surface area contributed by atoms with E-state index >= 15 is 0 Å². The van der Waals surface area contributed by atoms with Crippen LogP contribution >= 0.6 is 0 Å². The summed E-state index contributed by atoms with van der Waals surface area (Å²) < 4.78 is 11.5. The van der Waals surface area contributed by atoms with Crippen LogP contribution < -0.4 is 16.2 Å². The van der Waals surface area contributed by atoms with Crippen molar-refractivity contribution in [3.05, 3.63) is 106 Å². The highest BCUT2D eigenvalue weighted by molar-refractivity contribution is 5.96.